The number of hydrogen-bond acceptors (Lipinski definition) is 14. The number of ether oxygens (including phenoxy) is 5. The molecule has 2 aromatic carbocycles. The van der Waals surface area contributed by atoms with Crippen molar-refractivity contribution in [3.63, 3.8) is 0 Å². The van der Waals surface area contributed by atoms with Crippen molar-refractivity contribution in [1.82, 2.24) is 20.0 Å². The predicted octanol–water partition coefficient (Wildman–Crippen LogP) is 7.09. The maximum absolute atomic E-state index is 14.3. The second-order valence-electron chi connectivity index (χ2n) is 21.9. The molecule has 0 aliphatic heterocycles. The predicted molar refractivity (Wildman–Crippen MR) is 259 cm³/mol. The number of amides is 1. The van der Waals surface area contributed by atoms with Gasteiger partial charge < -0.3 is 29.0 Å². The van der Waals surface area contributed by atoms with Gasteiger partial charge in [0.1, 0.15) is 34.0 Å². The van der Waals surface area contributed by atoms with Gasteiger partial charge in [0.05, 0.1) is 32.1 Å². The minimum absolute atomic E-state index is 0.117. The zero-order valence-electron chi connectivity index (χ0n) is 43.2. The number of carbonyl (C=O) groups excluding carboxylic acids is 6. The quantitative estimate of drug-likeness (QED) is 0.0643. The Morgan fingerprint density at radius 2 is 0.791 bits per heavy atom. The Bertz CT molecular complexity index is 1700. The molecule has 67 heavy (non-hydrogen) atoms. The largest absolute Gasteiger partial charge is 0.459 e. The molecule has 1 amide bonds. The number of benzene rings is 2. The van der Waals surface area contributed by atoms with E-state index < -0.39 is 69.8 Å². The van der Waals surface area contributed by atoms with Gasteiger partial charge in [0.2, 0.25) is 5.91 Å². The first kappa shape index (κ1) is 58.3. The number of nitrogens with zero attached hydrogens (tertiary/aromatic N) is 3. The topological polar surface area (TPSA) is 170 Å². The molecule has 0 aliphatic rings. The van der Waals surface area contributed by atoms with Gasteiger partial charge in [-0.25, -0.2) is 0 Å². The SMILES string of the molecule is CC(C)(C)OC(=O)CN(CCN(CCN(CC(=O)OC(C)(C)C)CC(=O)OC(C)(C)C)C(CCCCNC(=O)C(c1ccccc1)c1ccccc1)C(=O)OC(C)(C)C)CC(=O)OC(C)(C)C. The third kappa shape index (κ3) is 26.3. The Labute approximate surface area is 400 Å². The second kappa shape index (κ2) is 26.0. The van der Waals surface area contributed by atoms with Crippen molar-refractivity contribution in [2.75, 3.05) is 58.9 Å². The van der Waals surface area contributed by atoms with Gasteiger partial charge in [-0.1, -0.05) is 60.7 Å². The molecule has 0 bridgehead atoms. The third-order valence-corrected chi connectivity index (χ3v) is 9.35. The lowest BCUT2D eigenvalue weighted by atomic mass is 9.90. The summed E-state index contributed by atoms with van der Waals surface area (Å²) in [4.78, 5) is 86.2. The van der Waals surface area contributed by atoms with Crippen molar-refractivity contribution < 1.29 is 52.5 Å². The van der Waals surface area contributed by atoms with Crippen LogP contribution >= 0.6 is 0 Å². The highest BCUT2D eigenvalue weighted by Crippen LogP contribution is 2.25. The van der Waals surface area contributed by atoms with E-state index in [1.165, 1.54) is 0 Å². The van der Waals surface area contributed by atoms with Crippen LogP contribution < -0.4 is 5.32 Å². The number of unbranched alkanes of at least 4 members (excludes halogenated alkanes) is 1. The highest BCUT2D eigenvalue weighted by molar-refractivity contribution is 5.87. The van der Waals surface area contributed by atoms with Gasteiger partial charge in [-0.3, -0.25) is 43.5 Å². The van der Waals surface area contributed by atoms with Gasteiger partial charge in [0, 0.05) is 32.7 Å². The van der Waals surface area contributed by atoms with Crippen LogP contribution in [0.4, 0.5) is 0 Å². The van der Waals surface area contributed by atoms with Crippen LogP contribution in [0.5, 0.6) is 0 Å². The molecule has 0 saturated carbocycles. The minimum Gasteiger partial charge on any atom is -0.459 e. The molecule has 15 nitrogen and oxygen atoms in total. The number of hydrogen-bond donors (Lipinski definition) is 1. The first-order valence-corrected chi connectivity index (χ1v) is 23.5. The molecule has 0 heterocycles. The van der Waals surface area contributed by atoms with Crippen LogP contribution in [0, 0.1) is 0 Å². The monoisotopic (exact) mass is 939 g/mol. The number of rotatable bonds is 24. The normalized spacial score (nSPS) is 13.1. The molecule has 0 saturated heterocycles. The molecule has 0 aromatic heterocycles. The van der Waals surface area contributed by atoms with E-state index in [9.17, 15) is 28.8 Å². The van der Waals surface area contributed by atoms with Crippen molar-refractivity contribution >= 4 is 35.8 Å². The van der Waals surface area contributed by atoms with Crippen LogP contribution in [0.2, 0.25) is 0 Å². The van der Waals surface area contributed by atoms with Crippen molar-refractivity contribution in [2.45, 2.75) is 163 Å². The van der Waals surface area contributed by atoms with Gasteiger partial charge in [0.25, 0.3) is 0 Å². The van der Waals surface area contributed by atoms with Crippen molar-refractivity contribution in [3.05, 3.63) is 71.8 Å². The lowest BCUT2D eigenvalue weighted by Gasteiger charge is -2.35. The lowest BCUT2D eigenvalue weighted by molar-refractivity contribution is -0.164. The molecule has 1 atom stereocenters. The fraction of sp³-hybridized carbons (Fsp3) is 0.654. The molecule has 376 valence electrons. The zero-order valence-corrected chi connectivity index (χ0v) is 43.2. The van der Waals surface area contributed by atoms with E-state index in [4.69, 9.17) is 23.7 Å². The molecule has 15 heteroatoms. The number of esters is 5. The maximum Gasteiger partial charge on any atom is 0.323 e. The summed E-state index contributed by atoms with van der Waals surface area (Å²) < 4.78 is 28.6. The van der Waals surface area contributed by atoms with Crippen LogP contribution in [0.3, 0.4) is 0 Å². The van der Waals surface area contributed by atoms with E-state index >= 15 is 0 Å². The van der Waals surface area contributed by atoms with E-state index in [1.807, 2.05) is 65.6 Å². The molecule has 2 rings (SSSR count). The fourth-order valence-corrected chi connectivity index (χ4v) is 7.00. The molecule has 0 aliphatic carbocycles. The van der Waals surface area contributed by atoms with Gasteiger partial charge in [-0.2, -0.15) is 0 Å². The molecule has 1 N–H and O–H groups in total. The Morgan fingerprint density at radius 1 is 0.463 bits per heavy atom. The Morgan fingerprint density at radius 3 is 1.10 bits per heavy atom. The van der Waals surface area contributed by atoms with E-state index in [2.05, 4.69) is 5.32 Å². The van der Waals surface area contributed by atoms with E-state index in [0.717, 1.165) is 11.1 Å². The first-order valence-electron chi connectivity index (χ1n) is 23.5. The van der Waals surface area contributed by atoms with E-state index in [-0.39, 0.29) is 58.3 Å². The molecule has 1 unspecified atom stereocenters. The van der Waals surface area contributed by atoms with Gasteiger partial charge in [0.15, 0.2) is 0 Å². The molecular formula is C52H82N4O11. The smallest absolute Gasteiger partial charge is 0.323 e. The van der Waals surface area contributed by atoms with Crippen molar-refractivity contribution in [1.29, 1.82) is 0 Å². The Balaban J connectivity index is 2.52. The molecular weight excluding hydrogens is 857 g/mol. The van der Waals surface area contributed by atoms with E-state index in [0.29, 0.717) is 25.8 Å². The van der Waals surface area contributed by atoms with Gasteiger partial charge in [-0.15, -0.1) is 0 Å². The zero-order chi connectivity index (χ0) is 50.8. The highest BCUT2D eigenvalue weighted by atomic mass is 16.6. The van der Waals surface area contributed by atoms with Crippen LogP contribution in [0.15, 0.2) is 60.7 Å². The molecule has 0 radical (unpaired) electrons. The fourth-order valence-electron chi connectivity index (χ4n) is 7.00. The summed E-state index contributed by atoms with van der Waals surface area (Å²) in [6.07, 6.45) is 1.34. The average Bonchev–Trinajstić information content (AvgIpc) is 3.13. The second-order valence-corrected chi connectivity index (χ2v) is 21.9. The summed E-state index contributed by atoms with van der Waals surface area (Å²) >= 11 is 0. The van der Waals surface area contributed by atoms with Gasteiger partial charge in [-0.05, 0) is 134 Å². The maximum atomic E-state index is 14.3. The van der Waals surface area contributed by atoms with Crippen molar-refractivity contribution in [3.8, 4) is 0 Å². The lowest BCUT2D eigenvalue weighted by Crippen LogP contribution is -2.51. The summed E-state index contributed by atoms with van der Waals surface area (Å²) in [6, 6.07) is 18.3. The Hall–Kier alpha value is -4.86. The summed E-state index contributed by atoms with van der Waals surface area (Å²) in [6.45, 7) is 26.3. The number of nitrogens with one attached hydrogen (secondary N) is 1. The average molecular weight is 939 g/mol. The summed E-state index contributed by atoms with van der Waals surface area (Å²) in [5.74, 6) is -3.34. The summed E-state index contributed by atoms with van der Waals surface area (Å²) in [7, 11) is 0. The summed E-state index contributed by atoms with van der Waals surface area (Å²) in [5, 5.41) is 3.11. The Kier molecular flexibility index (Phi) is 22.7. The first-order chi connectivity index (χ1) is 30.8. The van der Waals surface area contributed by atoms with Crippen LogP contribution in [-0.2, 0) is 52.5 Å². The molecule has 0 spiro atoms. The van der Waals surface area contributed by atoms with Crippen LogP contribution in [0.25, 0.3) is 0 Å². The standard InChI is InChI=1S/C52H82N4O11/c1-48(2,3)63-41(57)34-54(35-42(58)64-49(4,5)6)30-32-56(33-31-55(36-43(59)65-50(7,8)9)37-44(60)66-51(10,11)12)40(47(62)67-52(13,14)15)28-22-23-29-53-46(61)45(38-24-18-16-19-25-38)39-26-20-17-21-27-39/h16-21,24-27,40,45H,22-23,28-37H2,1-15H3,(H,53,61). The summed E-state index contributed by atoms with van der Waals surface area (Å²) in [5.41, 5.74) is -2.24. The highest BCUT2D eigenvalue weighted by Gasteiger charge is 2.33. The van der Waals surface area contributed by atoms with Gasteiger partial charge >= 0.3 is 29.8 Å². The van der Waals surface area contributed by atoms with Crippen molar-refractivity contribution in [2.24, 2.45) is 0 Å². The third-order valence-electron chi connectivity index (χ3n) is 9.35. The molecule has 0 fully saturated rings. The molecule has 2 aromatic rings. The number of carbonyl (C=O) groups is 6. The van der Waals surface area contributed by atoms with Crippen LogP contribution in [0.1, 0.15) is 140 Å². The minimum atomic E-state index is -0.855. The van der Waals surface area contributed by atoms with Crippen LogP contribution in [-0.4, -0.2) is 143 Å². The van der Waals surface area contributed by atoms with E-state index in [1.54, 1.807) is 114 Å².